The van der Waals surface area contributed by atoms with Gasteiger partial charge in [-0.25, -0.2) is 0 Å². The fourth-order valence-corrected chi connectivity index (χ4v) is 2.21. The highest BCUT2D eigenvalue weighted by Crippen LogP contribution is 2.34. The summed E-state index contributed by atoms with van der Waals surface area (Å²) in [5.41, 5.74) is 0.431. The molecule has 0 unspecified atom stereocenters. The summed E-state index contributed by atoms with van der Waals surface area (Å²) in [6.07, 6.45) is 1.04. The lowest BCUT2D eigenvalue weighted by molar-refractivity contribution is -0.385. The van der Waals surface area contributed by atoms with Crippen LogP contribution in [-0.2, 0) is 4.79 Å². The van der Waals surface area contributed by atoms with Gasteiger partial charge in [-0.1, -0.05) is 29.3 Å². The average molecular weight is 358 g/mol. The number of carbonyl (C=O) groups excluding carboxylic acids is 1. The van der Waals surface area contributed by atoms with Crippen LogP contribution in [0.15, 0.2) is 42.0 Å². The van der Waals surface area contributed by atoms with E-state index < -0.39 is 22.3 Å². The molecule has 1 amide bonds. The monoisotopic (exact) mass is 357 g/mol. The van der Waals surface area contributed by atoms with Crippen molar-refractivity contribution in [3.63, 3.8) is 0 Å². The standard InChI is InChI=1S/C17H12ClN3O4/c1-10-2-4-14(5-3-10)20-17(23)12(9-19)6-11-7-13(18)8-15(16(11)22)21(24)25/h2-8,22H,1H3,(H,20,23)/b12-6-. The minimum Gasteiger partial charge on any atom is -0.502 e. The number of phenols is 1. The van der Waals surface area contributed by atoms with Crippen molar-refractivity contribution in [2.24, 2.45) is 0 Å². The highest BCUT2D eigenvalue weighted by Gasteiger charge is 2.19. The number of halogens is 1. The number of hydrogen-bond donors (Lipinski definition) is 2. The molecular weight excluding hydrogens is 346 g/mol. The van der Waals surface area contributed by atoms with E-state index in [1.54, 1.807) is 30.3 Å². The quantitative estimate of drug-likeness (QED) is 0.373. The second-order valence-corrected chi connectivity index (χ2v) is 5.55. The predicted octanol–water partition coefficient (Wildman–Crippen LogP) is 3.81. The molecule has 25 heavy (non-hydrogen) atoms. The Bertz CT molecular complexity index is 915. The van der Waals surface area contributed by atoms with Crippen molar-refractivity contribution in [1.82, 2.24) is 0 Å². The average Bonchev–Trinajstić information content (AvgIpc) is 2.56. The largest absolute Gasteiger partial charge is 0.502 e. The third-order valence-electron chi connectivity index (χ3n) is 3.26. The third-order valence-corrected chi connectivity index (χ3v) is 3.47. The minimum absolute atomic E-state index is 0.00742. The van der Waals surface area contributed by atoms with Gasteiger partial charge in [-0.15, -0.1) is 0 Å². The summed E-state index contributed by atoms with van der Waals surface area (Å²) in [4.78, 5) is 22.3. The number of aryl methyl sites for hydroxylation is 1. The van der Waals surface area contributed by atoms with Crippen molar-refractivity contribution in [2.45, 2.75) is 6.92 Å². The molecule has 0 saturated heterocycles. The van der Waals surface area contributed by atoms with Crippen molar-refractivity contribution < 1.29 is 14.8 Å². The molecule has 2 aromatic carbocycles. The van der Waals surface area contributed by atoms with Crippen molar-refractivity contribution in [1.29, 1.82) is 5.26 Å². The van der Waals surface area contributed by atoms with Gasteiger partial charge in [0.2, 0.25) is 5.75 Å². The van der Waals surface area contributed by atoms with Gasteiger partial charge in [-0.3, -0.25) is 14.9 Å². The summed E-state index contributed by atoms with van der Waals surface area (Å²) in [5.74, 6) is -1.39. The lowest BCUT2D eigenvalue weighted by atomic mass is 10.1. The van der Waals surface area contributed by atoms with Gasteiger partial charge >= 0.3 is 5.69 Å². The number of carbonyl (C=O) groups is 1. The van der Waals surface area contributed by atoms with Crippen molar-refractivity contribution in [3.05, 3.63) is 68.2 Å². The van der Waals surface area contributed by atoms with Gasteiger partial charge in [-0.05, 0) is 31.2 Å². The Kier molecular flexibility index (Phi) is 5.37. The molecule has 0 aliphatic heterocycles. The Morgan fingerprint density at radius 2 is 2.00 bits per heavy atom. The van der Waals surface area contributed by atoms with E-state index in [4.69, 9.17) is 11.6 Å². The van der Waals surface area contributed by atoms with Crippen LogP contribution in [0.5, 0.6) is 5.75 Å². The molecule has 2 rings (SSSR count). The van der Waals surface area contributed by atoms with Crippen LogP contribution >= 0.6 is 11.6 Å². The maximum Gasteiger partial charge on any atom is 0.312 e. The first-order valence-electron chi connectivity index (χ1n) is 6.98. The van der Waals surface area contributed by atoms with E-state index in [1.807, 2.05) is 6.92 Å². The van der Waals surface area contributed by atoms with E-state index >= 15 is 0 Å². The van der Waals surface area contributed by atoms with Crippen molar-refractivity contribution in [2.75, 3.05) is 5.32 Å². The number of anilines is 1. The van der Waals surface area contributed by atoms with Gasteiger partial charge < -0.3 is 10.4 Å². The zero-order valence-electron chi connectivity index (χ0n) is 13.0. The van der Waals surface area contributed by atoms with Gasteiger partial charge in [0.15, 0.2) is 0 Å². The molecule has 0 atom stereocenters. The fraction of sp³-hybridized carbons (Fsp3) is 0.0588. The molecular formula is C17H12ClN3O4. The molecule has 0 heterocycles. The predicted molar refractivity (Wildman–Crippen MR) is 93.2 cm³/mol. The summed E-state index contributed by atoms with van der Waals surface area (Å²) in [6.45, 7) is 1.89. The van der Waals surface area contributed by atoms with Crippen molar-refractivity contribution in [3.8, 4) is 11.8 Å². The Balaban J connectivity index is 2.37. The molecule has 7 nitrogen and oxygen atoms in total. The number of aromatic hydroxyl groups is 1. The third kappa shape index (κ3) is 4.34. The van der Waals surface area contributed by atoms with Gasteiger partial charge in [0.25, 0.3) is 5.91 Å². The minimum atomic E-state index is -0.809. The van der Waals surface area contributed by atoms with E-state index in [0.29, 0.717) is 5.69 Å². The van der Waals surface area contributed by atoms with Crippen LogP contribution in [0, 0.1) is 28.4 Å². The molecule has 0 fully saturated rings. The smallest absolute Gasteiger partial charge is 0.312 e. The number of hydrogen-bond acceptors (Lipinski definition) is 5. The Morgan fingerprint density at radius 1 is 1.36 bits per heavy atom. The first-order chi connectivity index (χ1) is 11.8. The second kappa shape index (κ2) is 7.47. The molecule has 0 spiro atoms. The molecule has 0 radical (unpaired) electrons. The van der Waals surface area contributed by atoms with Crippen molar-refractivity contribution >= 4 is 35.0 Å². The van der Waals surface area contributed by atoms with Crippen LogP contribution in [0.3, 0.4) is 0 Å². The number of nitrogens with one attached hydrogen (secondary N) is 1. The summed E-state index contributed by atoms with van der Waals surface area (Å²) >= 11 is 5.79. The number of nitro groups is 1. The number of nitriles is 1. The van der Waals surface area contributed by atoms with Crippen LogP contribution in [-0.4, -0.2) is 15.9 Å². The highest BCUT2D eigenvalue weighted by atomic mass is 35.5. The lowest BCUT2D eigenvalue weighted by Crippen LogP contribution is -2.13. The summed E-state index contributed by atoms with van der Waals surface area (Å²) in [5, 5.41) is 32.6. The van der Waals surface area contributed by atoms with Gasteiger partial charge in [0, 0.05) is 22.3 Å². The van der Waals surface area contributed by atoms with Crippen LogP contribution < -0.4 is 5.32 Å². The molecule has 2 aromatic rings. The summed E-state index contributed by atoms with van der Waals surface area (Å²) in [7, 11) is 0. The topological polar surface area (TPSA) is 116 Å². The van der Waals surface area contributed by atoms with Crippen LogP contribution in [0.25, 0.3) is 6.08 Å². The highest BCUT2D eigenvalue weighted by molar-refractivity contribution is 6.31. The lowest BCUT2D eigenvalue weighted by Gasteiger charge is -2.06. The van der Waals surface area contributed by atoms with Crippen LogP contribution in [0.1, 0.15) is 11.1 Å². The molecule has 0 aliphatic rings. The van der Waals surface area contributed by atoms with Crippen LogP contribution in [0.4, 0.5) is 11.4 Å². The number of rotatable bonds is 4. The Morgan fingerprint density at radius 3 is 2.56 bits per heavy atom. The Hall–Kier alpha value is -3.37. The number of phenolic OH excluding ortho intramolecular Hbond substituents is 1. The first-order valence-corrected chi connectivity index (χ1v) is 7.36. The SMILES string of the molecule is Cc1ccc(NC(=O)/C(C#N)=C\c2cc(Cl)cc([N+](=O)[O-])c2O)cc1. The number of benzene rings is 2. The zero-order valence-corrected chi connectivity index (χ0v) is 13.7. The van der Waals surface area contributed by atoms with Crippen LogP contribution in [0.2, 0.25) is 5.02 Å². The zero-order chi connectivity index (χ0) is 18.6. The van der Waals surface area contributed by atoms with Gasteiger partial charge in [-0.2, -0.15) is 5.26 Å². The van der Waals surface area contributed by atoms with E-state index in [0.717, 1.165) is 17.7 Å². The van der Waals surface area contributed by atoms with E-state index in [1.165, 1.54) is 6.07 Å². The van der Waals surface area contributed by atoms with E-state index in [-0.39, 0.29) is 16.2 Å². The maximum atomic E-state index is 12.2. The maximum absolute atomic E-state index is 12.2. The molecule has 0 saturated carbocycles. The number of nitrogens with zero attached hydrogens (tertiary/aromatic N) is 2. The molecule has 126 valence electrons. The Labute approximate surface area is 147 Å². The van der Waals surface area contributed by atoms with E-state index in [2.05, 4.69) is 5.32 Å². The molecule has 8 heteroatoms. The number of amides is 1. The van der Waals surface area contributed by atoms with Gasteiger partial charge in [0.05, 0.1) is 4.92 Å². The molecule has 0 aromatic heterocycles. The van der Waals surface area contributed by atoms with E-state index in [9.17, 15) is 25.3 Å². The molecule has 2 N–H and O–H groups in total. The normalized spacial score (nSPS) is 10.8. The number of nitro benzene ring substituents is 1. The second-order valence-electron chi connectivity index (χ2n) is 5.11. The fourth-order valence-electron chi connectivity index (χ4n) is 1.99. The van der Waals surface area contributed by atoms with Gasteiger partial charge in [0.1, 0.15) is 11.6 Å². The first kappa shape index (κ1) is 18.0. The molecule has 0 bridgehead atoms. The summed E-state index contributed by atoms with van der Waals surface area (Å²) < 4.78 is 0. The summed E-state index contributed by atoms with van der Waals surface area (Å²) in [6, 6.07) is 10.8. The molecule has 0 aliphatic carbocycles.